The van der Waals surface area contributed by atoms with Crippen LogP contribution in [0.2, 0.25) is 0 Å². The molecule has 3 aromatic carbocycles. The third kappa shape index (κ3) is 6.77. The summed E-state index contributed by atoms with van der Waals surface area (Å²) in [6, 6.07) is 21.1. The van der Waals surface area contributed by atoms with Crippen molar-refractivity contribution in [3.63, 3.8) is 0 Å². The molecule has 3 nitrogen and oxygen atoms in total. The van der Waals surface area contributed by atoms with Crippen molar-refractivity contribution in [3.8, 4) is 11.5 Å². The van der Waals surface area contributed by atoms with Crippen LogP contribution in [0.1, 0.15) is 22.3 Å². The van der Waals surface area contributed by atoms with E-state index in [4.69, 9.17) is 9.47 Å². The van der Waals surface area contributed by atoms with Crippen LogP contribution in [0.4, 0.5) is 4.39 Å². The first kappa shape index (κ1) is 22.7. The monoisotopic (exact) mass is 415 g/mol. The van der Waals surface area contributed by atoms with Crippen LogP contribution in [-0.2, 0) is 19.6 Å². The average Bonchev–Trinajstić information content (AvgIpc) is 2.71. The molecule has 0 saturated heterocycles. The molecule has 0 aromatic heterocycles. The van der Waals surface area contributed by atoms with Crippen molar-refractivity contribution in [2.24, 2.45) is 0 Å². The van der Waals surface area contributed by atoms with Gasteiger partial charge in [0.25, 0.3) is 0 Å². The quantitative estimate of drug-likeness (QED) is 0.469. The molecular weight excluding hydrogens is 389 g/mol. The molecule has 1 N–H and O–H groups in total. The third-order valence-corrected chi connectivity index (χ3v) is 4.56. The Morgan fingerprint density at radius 3 is 2.48 bits per heavy atom. The number of rotatable bonds is 9. The number of hydrogen-bond donors (Lipinski definition) is 1. The molecule has 0 saturated carbocycles. The van der Waals surface area contributed by atoms with Crippen LogP contribution < -0.4 is 14.8 Å². The topological polar surface area (TPSA) is 30.5 Å². The van der Waals surface area contributed by atoms with Gasteiger partial charge in [0.05, 0.1) is 7.11 Å². The average molecular weight is 416 g/mol. The van der Waals surface area contributed by atoms with Crippen molar-refractivity contribution in [2.75, 3.05) is 13.7 Å². The van der Waals surface area contributed by atoms with Gasteiger partial charge in [-0.2, -0.15) is 0 Å². The zero-order valence-corrected chi connectivity index (χ0v) is 17.6. The molecule has 0 aliphatic rings. The summed E-state index contributed by atoms with van der Waals surface area (Å²) in [6.07, 6.45) is 0.654. The van der Waals surface area contributed by atoms with Crippen LogP contribution in [0.25, 0.3) is 0 Å². The van der Waals surface area contributed by atoms with Crippen molar-refractivity contribution in [2.45, 2.75) is 26.5 Å². The Hall–Kier alpha value is -2.56. The number of aryl methyl sites for hydroxylation is 1. The number of ether oxygens (including phenoxy) is 2. The summed E-state index contributed by atoms with van der Waals surface area (Å²) in [5, 5.41) is 3.35. The molecule has 0 amide bonds. The lowest BCUT2D eigenvalue weighted by atomic mass is 10.1. The van der Waals surface area contributed by atoms with E-state index in [1.165, 1.54) is 11.6 Å². The fraction of sp³-hybridized carbons (Fsp3) is 0.250. The second kappa shape index (κ2) is 11.4. The van der Waals surface area contributed by atoms with Crippen LogP contribution in [0.15, 0.2) is 66.7 Å². The third-order valence-electron chi connectivity index (χ3n) is 4.56. The highest BCUT2D eigenvalue weighted by Crippen LogP contribution is 2.29. The van der Waals surface area contributed by atoms with E-state index in [1.807, 2.05) is 42.5 Å². The van der Waals surface area contributed by atoms with E-state index in [0.29, 0.717) is 31.9 Å². The van der Waals surface area contributed by atoms with E-state index in [2.05, 4.69) is 24.4 Å². The number of hydrogen-bond acceptors (Lipinski definition) is 3. The Balaban J connectivity index is 0.00000300. The Labute approximate surface area is 178 Å². The predicted molar refractivity (Wildman–Crippen MR) is 118 cm³/mol. The number of benzene rings is 3. The SMILES string of the molecule is COc1cc(CNCCc2ccccc2F)ccc1OCc1cccc(C)c1.Cl. The predicted octanol–water partition coefficient (Wildman–Crippen LogP) is 5.48. The highest BCUT2D eigenvalue weighted by atomic mass is 35.5. The van der Waals surface area contributed by atoms with Crippen molar-refractivity contribution < 1.29 is 13.9 Å². The zero-order chi connectivity index (χ0) is 19.8. The minimum atomic E-state index is -0.152. The number of methoxy groups -OCH3 is 1. The van der Waals surface area contributed by atoms with Gasteiger partial charge in [-0.25, -0.2) is 4.39 Å². The lowest BCUT2D eigenvalue weighted by Crippen LogP contribution is -2.17. The van der Waals surface area contributed by atoms with Gasteiger partial charge in [-0.3, -0.25) is 0 Å². The van der Waals surface area contributed by atoms with Gasteiger partial charge in [0, 0.05) is 6.54 Å². The highest BCUT2D eigenvalue weighted by Gasteiger charge is 2.07. The van der Waals surface area contributed by atoms with Crippen LogP contribution in [0.5, 0.6) is 11.5 Å². The van der Waals surface area contributed by atoms with Crippen LogP contribution in [0, 0.1) is 12.7 Å². The summed E-state index contributed by atoms with van der Waals surface area (Å²) >= 11 is 0. The molecule has 3 rings (SSSR count). The lowest BCUT2D eigenvalue weighted by molar-refractivity contribution is 0.284. The van der Waals surface area contributed by atoms with Gasteiger partial charge in [0.2, 0.25) is 0 Å². The Morgan fingerprint density at radius 1 is 0.897 bits per heavy atom. The Morgan fingerprint density at radius 2 is 1.72 bits per heavy atom. The van der Waals surface area contributed by atoms with E-state index in [-0.39, 0.29) is 18.2 Å². The molecule has 5 heteroatoms. The molecule has 0 fully saturated rings. The van der Waals surface area contributed by atoms with Gasteiger partial charge in [-0.15, -0.1) is 12.4 Å². The highest BCUT2D eigenvalue weighted by molar-refractivity contribution is 5.85. The summed E-state index contributed by atoms with van der Waals surface area (Å²) in [6.45, 7) is 3.95. The van der Waals surface area contributed by atoms with Gasteiger partial charge in [0.1, 0.15) is 12.4 Å². The van der Waals surface area contributed by atoms with Crippen LogP contribution >= 0.6 is 12.4 Å². The molecule has 154 valence electrons. The largest absolute Gasteiger partial charge is 0.493 e. The van der Waals surface area contributed by atoms with Gasteiger partial charge in [-0.1, -0.05) is 54.1 Å². The lowest BCUT2D eigenvalue weighted by Gasteiger charge is -2.13. The second-order valence-electron chi connectivity index (χ2n) is 6.78. The molecule has 0 spiro atoms. The maximum absolute atomic E-state index is 13.6. The van der Waals surface area contributed by atoms with Gasteiger partial charge in [0.15, 0.2) is 11.5 Å². The van der Waals surface area contributed by atoms with Crippen molar-refractivity contribution in [1.29, 1.82) is 0 Å². The molecule has 0 radical (unpaired) electrons. The first-order valence-corrected chi connectivity index (χ1v) is 9.45. The molecule has 29 heavy (non-hydrogen) atoms. The summed E-state index contributed by atoms with van der Waals surface area (Å²) in [5.41, 5.74) is 4.16. The molecule has 3 aromatic rings. The molecule has 0 heterocycles. The van der Waals surface area contributed by atoms with E-state index in [9.17, 15) is 4.39 Å². The normalized spacial score (nSPS) is 10.3. The number of halogens is 2. The second-order valence-corrected chi connectivity index (χ2v) is 6.78. The molecule has 0 aliphatic carbocycles. The van der Waals surface area contributed by atoms with E-state index >= 15 is 0 Å². The van der Waals surface area contributed by atoms with E-state index in [1.54, 1.807) is 13.2 Å². The fourth-order valence-corrected chi connectivity index (χ4v) is 3.06. The molecule has 0 unspecified atom stereocenters. The fourth-order valence-electron chi connectivity index (χ4n) is 3.06. The maximum Gasteiger partial charge on any atom is 0.161 e. The molecule has 0 aliphatic heterocycles. The summed E-state index contributed by atoms with van der Waals surface area (Å²) in [7, 11) is 1.64. The first-order valence-electron chi connectivity index (χ1n) is 9.45. The van der Waals surface area contributed by atoms with E-state index in [0.717, 1.165) is 22.4 Å². The zero-order valence-electron chi connectivity index (χ0n) is 16.8. The summed E-state index contributed by atoms with van der Waals surface area (Å²) in [5.74, 6) is 1.28. The van der Waals surface area contributed by atoms with Crippen molar-refractivity contribution in [3.05, 3.63) is 94.8 Å². The molecule has 0 atom stereocenters. The number of nitrogens with one attached hydrogen (secondary N) is 1. The van der Waals surface area contributed by atoms with E-state index < -0.39 is 0 Å². The standard InChI is InChI=1S/C24H26FNO2.ClH/c1-18-6-5-7-20(14-18)17-28-23-11-10-19(15-24(23)27-2)16-26-13-12-21-8-3-4-9-22(21)25;/h3-11,14-15,26H,12-13,16-17H2,1-2H3;1H. The first-order chi connectivity index (χ1) is 13.7. The van der Waals surface area contributed by atoms with Gasteiger partial charge < -0.3 is 14.8 Å². The minimum absolute atomic E-state index is 0. The van der Waals surface area contributed by atoms with Crippen molar-refractivity contribution in [1.82, 2.24) is 5.32 Å². The van der Waals surface area contributed by atoms with Crippen molar-refractivity contribution >= 4 is 12.4 Å². The molecular formula is C24H27ClFNO2. The smallest absolute Gasteiger partial charge is 0.161 e. The maximum atomic E-state index is 13.6. The van der Waals surface area contributed by atoms with Crippen LogP contribution in [-0.4, -0.2) is 13.7 Å². The summed E-state index contributed by atoms with van der Waals surface area (Å²) < 4.78 is 25.1. The van der Waals surface area contributed by atoms with Crippen LogP contribution in [0.3, 0.4) is 0 Å². The van der Waals surface area contributed by atoms with Gasteiger partial charge in [-0.05, 0) is 54.8 Å². The summed E-state index contributed by atoms with van der Waals surface area (Å²) in [4.78, 5) is 0. The minimum Gasteiger partial charge on any atom is -0.493 e. The molecule has 0 bridgehead atoms. The van der Waals surface area contributed by atoms with Gasteiger partial charge >= 0.3 is 0 Å². The Kier molecular flexibility index (Phi) is 8.97. The Bertz CT molecular complexity index is 917.